The molecule has 1 saturated carbocycles. The van der Waals surface area contributed by atoms with Crippen LogP contribution in [0.4, 0.5) is 5.13 Å². The van der Waals surface area contributed by atoms with E-state index in [0.717, 1.165) is 18.8 Å². The molecule has 1 aliphatic carbocycles. The van der Waals surface area contributed by atoms with Crippen molar-refractivity contribution in [2.75, 3.05) is 5.32 Å². The average Bonchev–Trinajstić information content (AvgIpc) is 2.89. The van der Waals surface area contributed by atoms with Crippen LogP contribution in [0.3, 0.4) is 0 Å². The standard InChI is InChI=1S/C13H21N3OS/c1-2-3-4-10-5-7-11(8-6-10)12(17)15-13-16-14-9-18-13/h9-11H,2-8H2,1H3,(H,15,16,17). The summed E-state index contributed by atoms with van der Waals surface area (Å²) in [6, 6.07) is 0. The Morgan fingerprint density at radius 2 is 2.22 bits per heavy atom. The van der Waals surface area contributed by atoms with Gasteiger partial charge in [0.25, 0.3) is 0 Å². The highest BCUT2D eigenvalue weighted by atomic mass is 32.1. The number of carbonyl (C=O) groups excluding carboxylic acids is 1. The van der Waals surface area contributed by atoms with Crippen LogP contribution < -0.4 is 5.32 Å². The maximum Gasteiger partial charge on any atom is 0.229 e. The summed E-state index contributed by atoms with van der Waals surface area (Å²) in [5.74, 6) is 1.14. The van der Waals surface area contributed by atoms with E-state index in [1.165, 1.54) is 43.4 Å². The molecule has 18 heavy (non-hydrogen) atoms. The number of nitrogens with zero attached hydrogens (tertiary/aromatic N) is 2. The van der Waals surface area contributed by atoms with Gasteiger partial charge in [0, 0.05) is 5.92 Å². The Hall–Kier alpha value is -0.970. The third-order valence-electron chi connectivity index (χ3n) is 3.77. The summed E-state index contributed by atoms with van der Waals surface area (Å²) >= 11 is 1.37. The summed E-state index contributed by atoms with van der Waals surface area (Å²) in [4.78, 5) is 12.0. The van der Waals surface area contributed by atoms with E-state index in [-0.39, 0.29) is 11.8 Å². The Morgan fingerprint density at radius 3 is 2.83 bits per heavy atom. The van der Waals surface area contributed by atoms with E-state index in [4.69, 9.17) is 0 Å². The predicted octanol–water partition coefficient (Wildman–Crippen LogP) is 3.47. The van der Waals surface area contributed by atoms with E-state index in [1.807, 2.05) is 0 Å². The molecule has 1 aromatic heterocycles. The summed E-state index contributed by atoms with van der Waals surface area (Å²) in [5, 5.41) is 11.0. The normalized spacial score (nSPS) is 23.8. The monoisotopic (exact) mass is 267 g/mol. The van der Waals surface area contributed by atoms with E-state index in [1.54, 1.807) is 5.51 Å². The number of carbonyl (C=O) groups is 1. The van der Waals surface area contributed by atoms with Crippen LogP contribution in [0.1, 0.15) is 51.9 Å². The van der Waals surface area contributed by atoms with Crippen molar-refractivity contribution in [1.29, 1.82) is 0 Å². The summed E-state index contributed by atoms with van der Waals surface area (Å²) in [6.45, 7) is 2.24. The van der Waals surface area contributed by atoms with Crippen LogP contribution >= 0.6 is 11.3 Å². The van der Waals surface area contributed by atoms with Gasteiger partial charge in [-0.2, -0.15) is 0 Å². The second-order valence-corrected chi connectivity index (χ2v) is 5.93. The van der Waals surface area contributed by atoms with Gasteiger partial charge in [-0.3, -0.25) is 4.79 Å². The molecule has 0 aromatic carbocycles. The van der Waals surface area contributed by atoms with Crippen LogP contribution in [0, 0.1) is 11.8 Å². The Morgan fingerprint density at radius 1 is 1.44 bits per heavy atom. The molecule has 0 atom stereocenters. The molecule has 0 unspecified atom stereocenters. The van der Waals surface area contributed by atoms with Crippen LogP contribution in [0.15, 0.2) is 5.51 Å². The molecule has 1 heterocycles. The van der Waals surface area contributed by atoms with Crippen molar-refractivity contribution in [3.63, 3.8) is 0 Å². The fraction of sp³-hybridized carbons (Fsp3) is 0.769. The first-order valence-corrected chi connectivity index (χ1v) is 7.74. The van der Waals surface area contributed by atoms with Crippen molar-refractivity contribution in [1.82, 2.24) is 10.2 Å². The molecule has 0 aliphatic heterocycles. The molecule has 0 bridgehead atoms. The number of anilines is 1. The summed E-state index contributed by atoms with van der Waals surface area (Å²) in [6.07, 6.45) is 8.39. The molecule has 2 rings (SSSR count). The molecule has 1 amide bonds. The van der Waals surface area contributed by atoms with Gasteiger partial charge < -0.3 is 5.32 Å². The zero-order chi connectivity index (χ0) is 12.8. The quantitative estimate of drug-likeness (QED) is 0.888. The first-order chi connectivity index (χ1) is 8.79. The fourth-order valence-corrected chi connectivity index (χ4v) is 3.09. The third kappa shape index (κ3) is 3.77. The zero-order valence-electron chi connectivity index (χ0n) is 10.9. The van der Waals surface area contributed by atoms with Gasteiger partial charge in [0.1, 0.15) is 5.51 Å². The maximum absolute atomic E-state index is 12.0. The smallest absolute Gasteiger partial charge is 0.229 e. The highest BCUT2D eigenvalue weighted by molar-refractivity contribution is 7.13. The summed E-state index contributed by atoms with van der Waals surface area (Å²) in [7, 11) is 0. The van der Waals surface area contributed by atoms with E-state index in [0.29, 0.717) is 5.13 Å². The van der Waals surface area contributed by atoms with Gasteiger partial charge in [-0.25, -0.2) is 0 Å². The van der Waals surface area contributed by atoms with Crippen molar-refractivity contribution in [2.24, 2.45) is 11.8 Å². The van der Waals surface area contributed by atoms with E-state index < -0.39 is 0 Å². The van der Waals surface area contributed by atoms with Crippen molar-refractivity contribution in [3.05, 3.63) is 5.51 Å². The van der Waals surface area contributed by atoms with Crippen molar-refractivity contribution >= 4 is 22.4 Å². The van der Waals surface area contributed by atoms with Crippen molar-refractivity contribution < 1.29 is 4.79 Å². The molecular weight excluding hydrogens is 246 g/mol. The molecular formula is C13H21N3OS. The van der Waals surface area contributed by atoms with Crippen LogP contribution in [0.2, 0.25) is 0 Å². The number of unbranched alkanes of at least 4 members (excludes halogenated alkanes) is 1. The Balaban J connectivity index is 1.73. The number of nitrogens with one attached hydrogen (secondary N) is 1. The summed E-state index contributed by atoms with van der Waals surface area (Å²) in [5.41, 5.74) is 1.64. The number of hydrogen-bond acceptors (Lipinski definition) is 4. The lowest BCUT2D eigenvalue weighted by Gasteiger charge is -2.27. The first-order valence-electron chi connectivity index (χ1n) is 6.86. The molecule has 100 valence electrons. The largest absolute Gasteiger partial charge is 0.300 e. The predicted molar refractivity (Wildman–Crippen MR) is 73.5 cm³/mol. The van der Waals surface area contributed by atoms with Crippen molar-refractivity contribution in [2.45, 2.75) is 51.9 Å². The highest BCUT2D eigenvalue weighted by Crippen LogP contribution is 2.32. The molecule has 1 aliphatic rings. The van der Waals surface area contributed by atoms with Crippen molar-refractivity contribution in [3.8, 4) is 0 Å². The topological polar surface area (TPSA) is 54.9 Å². The van der Waals surface area contributed by atoms with Crippen LogP contribution in [-0.4, -0.2) is 16.1 Å². The minimum absolute atomic E-state index is 0.126. The molecule has 0 spiro atoms. The van der Waals surface area contributed by atoms with Gasteiger partial charge in [0.15, 0.2) is 0 Å². The van der Waals surface area contributed by atoms with Gasteiger partial charge in [-0.05, 0) is 31.6 Å². The van der Waals surface area contributed by atoms with E-state index in [2.05, 4.69) is 22.4 Å². The first kappa shape index (κ1) is 13.5. The van der Waals surface area contributed by atoms with Gasteiger partial charge in [-0.1, -0.05) is 37.5 Å². The third-order valence-corrected chi connectivity index (χ3v) is 4.38. The molecule has 0 saturated heterocycles. The Labute approximate surface area is 112 Å². The molecule has 4 nitrogen and oxygen atoms in total. The number of hydrogen-bond donors (Lipinski definition) is 1. The number of rotatable bonds is 5. The second kappa shape index (κ2) is 6.83. The SMILES string of the molecule is CCCCC1CCC(C(=O)Nc2nncs2)CC1. The second-order valence-electron chi connectivity index (χ2n) is 5.09. The lowest BCUT2D eigenvalue weighted by molar-refractivity contribution is -0.121. The molecule has 5 heteroatoms. The Bertz CT molecular complexity index is 358. The maximum atomic E-state index is 12.0. The number of amides is 1. The Kier molecular flexibility index (Phi) is 5.11. The lowest BCUT2D eigenvalue weighted by atomic mass is 9.79. The van der Waals surface area contributed by atoms with E-state index >= 15 is 0 Å². The summed E-state index contributed by atoms with van der Waals surface area (Å²) < 4.78 is 0. The van der Waals surface area contributed by atoms with Crippen LogP contribution in [0.25, 0.3) is 0 Å². The van der Waals surface area contributed by atoms with Gasteiger partial charge in [0.2, 0.25) is 11.0 Å². The molecule has 1 fully saturated rings. The van der Waals surface area contributed by atoms with Gasteiger partial charge in [-0.15, -0.1) is 10.2 Å². The molecule has 1 aromatic rings. The molecule has 0 radical (unpaired) electrons. The lowest BCUT2D eigenvalue weighted by Crippen LogP contribution is -2.27. The zero-order valence-corrected chi connectivity index (χ0v) is 11.7. The van der Waals surface area contributed by atoms with Gasteiger partial charge in [0.05, 0.1) is 0 Å². The van der Waals surface area contributed by atoms with E-state index in [9.17, 15) is 4.79 Å². The van der Waals surface area contributed by atoms with Crippen LogP contribution in [-0.2, 0) is 4.79 Å². The highest BCUT2D eigenvalue weighted by Gasteiger charge is 2.26. The average molecular weight is 267 g/mol. The molecule has 1 N–H and O–H groups in total. The minimum atomic E-state index is 0.126. The van der Waals surface area contributed by atoms with Crippen LogP contribution in [0.5, 0.6) is 0 Å². The minimum Gasteiger partial charge on any atom is -0.300 e. The van der Waals surface area contributed by atoms with Gasteiger partial charge >= 0.3 is 0 Å². The fourth-order valence-electron chi connectivity index (χ4n) is 2.64. The number of aromatic nitrogens is 2.